The molecule has 0 amide bonds. The van der Waals surface area contributed by atoms with Gasteiger partial charge < -0.3 is 0 Å². The highest BCUT2D eigenvalue weighted by molar-refractivity contribution is 7.92. The van der Waals surface area contributed by atoms with Gasteiger partial charge >= 0.3 is 6.18 Å². The van der Waals surface area contributed by atoms with Gasteiger partial charge in [-0.1, -0.05) is 30.3 Å². The van der Waals surface area contributed by atoms with Gasteiger partial charge in [0.15, 0.2) is 0 Å². The Bertz CT molecular complexity index is 1110. The summed E-state index contributed by atoms with van der Waals surface area (Å²) in [5, 5.41) is 0. The second kappa shape index (κ2) is 7.87. The lowest BCUT2D eigenvalue weighted by Crippen LogP contribution is -2.31. The molecule has 0 heterocycles. The van der Waals surface area contributed by atoms with Gasteiger partial charge in [-0.05, 0) is 60.5 Å². The number of sulfonamides is 1. The van der Waals surface area contributed by atoms with Crippen molar-refractivity contribution in [2.45, 2.75) is 24.5 Å². The quantitative estimate of drug-likeness (QED) is 0.505. The molecule has 0 aliphatic rings. The first kappa shape index (κ1) is 20.9. The smallest absolute Gasteiger partial charge is 0.262 e. The molecular formula is C21H17F4NO2S. The van der Waals surface area contributed by atoms with E-state index in [1.807, 2.05) is 0 Å². The number of halogens is 4. The summed E-state index contributed by atoms with van der Waals surface area (Å²) in [6.07, 6.45) is -4.68. The van der Waals surface area contributed by atoms with Crippen LogP contribution in [0.4, 0.5) is 23.2 Å². The number of nitrogens with zero attached hydrogens (tertiary/aromatic N) is 1. The van der Waals surface area contributed by atoms with Crippen LogP contribution < -0.4 is 4.31 Å². The van der Waals surface area contributed by atoms with Crippen molar-refractivity contribution in [1.82, 2.24) is 0 Å². The molecule has 3 aromatic carbocycles. The van der Waals surface area contributed by atoms with Gasteiger partial charge in [0, 0.05) is 0 Å². The van der Waals surface area contributed by atoms with E-state index in [0.29, 0.717) is 11.6 Å². The van der Waals surface area contributed by atoms with E-state index in [4.69, 9.17) is 0 Å². The van der Waals surface area contributed by atoms with Crippen LogP contribution in [-0.4, -0.2) is 8.42 Å². The van der Waals surface area contributed by atoms with Crippen LogP contribution in [0.25, 0.3) is 0 Å². The first-order valence-electron chi connectivity index (χ1n) is 8.59. The Balaban J connectivity index is 2.12. The van der Waals surface area contributed by atoms with Crippen LogP contribution in [0.15, 0.2) is 77.7 Å². The van der Waals surface area contributed by atoms with Crippen LogP contribution >= 0.6 is 0 Å². The van der Waals surface area contributed by atoms with Gasteiger partial charge in [0.05, 0.1) is 22.7 Å². The zero-order valence-corrected chi connectivity index (χ0v) is 16.1. The summed E-state index contributed by atoms with van der Waals surface area (Å²) in [6.45, 7) is 1.69. The topological polar surface area (TPSA) is 37.4 Å². The summed E-state index contributed by atoms with van der Waals surface area (Å²) < 4.78 is 80.1. The van der Waals surface area contributed by atoms with E-state index in [2.05, 4.69) is 0 Å². The van der Waals surface area contributed by atoms with Crippen LogP contribution in [0.3, 0.4) is 0 Å². The maximum absolute atomic E-state index is 13.4. The number of alkyl halides is 3. The maximum Gasteiger partial charge on any atom is 0.416 e. The molecule has 29 heavy (non-hydrogen) atoms. The highest BCUT2D eigenvalue weighted by Crippen LogP contribution is 2.33. The first-order chi connectivity index (χ1) is 13.6. The minimum atomic E-state index is -4.68. The van der Waals surface area contributed by atoms with Crippen molar-refractivity contribution in [2.24, 2.45) is 0 Å². The zero-order valence-electron chi connectivity index (χ0n) is 15.3. The van der Waals surface area contributed by atoms with Crippen LogP contribution in [-0.2, 0) is 22.7 Å². The van der Waals surface area contributed by atoms with Gasteiger partial charge in [0.2, 0.25) is 0 Å². The van der Waals surface area contributed by atoms with Crippen molar-refractivity contribution < 1.29 is 26.0 Å². The van der Waals surface area contributed by atoms with Gasteiger partial charge in [-0.3, -0.25) is 4.31 Å². The van der Waals surface area contributed by atoms with Crippen molar-refractivity contribution in [1.29, 1.82) is 0 Å². The lowest BCUT2D eigenvalue weighted by atomic mass is 10.1. The van der Waals surface area contributed by atoms with Crippen LogP contribution in [0, 0.1) is 12.7 Å². The van der Waals surface area contributed by atoms with Gasteiger partial charge in [-0.2, -0.15) is 13.2 Å². The maximum atomic E-state index is 13.4. The molecule has 0 N–H and O–H groups in total. The molecule has 0 atom stereocenters. The van der Waals surface area contributed by atoms with E-state index in [-0.39, 0.29) is 12.2 Å². The lowest BCUT2D eigenvalue weighted by Gasteiger charge is -2.26. The molecule has 152 valence electrons. The van der Waals surface area contributed by atoms with Crippen molar-refractivity contribution in [3.63, 3.8) is 0 Å². The van der Waals surface area contributed by atoms with E-state index in [9.17, 15) is 26.0 Å². The Hall–Kier alpha value is -2.87. The fraction of sp³-hybridized carbons (Fsp3) is 0.143. The predicted molar refractivity (Wildman–Crippen MR) is 102 cm³/mol. The summed E-state index contributed by atoms with van der Waals surface area (Å²) in [5.41, 5.74) is 0.576. The fourth-order valence-electron chi connectivity index (χ4n) is 2.82. The number of benzene rings is 3. The SMILES string of the molecule is Cc1ccccc1CN(c1ccc(F)cc1)S(=O)(=O)c1cccc(C(F)(F)F)c1. The van der Waals surface area contributed by atoms with Crippen molar-refractivity contribution >= 4 is 15.7 Å². The third-order valence-electron chi connectivity index (χ3n) is 4.44. The standard InChI is InChI=1S/C21H17F4NO2S/c1-15-5-2-3-6-16(15)14-26(19-11-9-18(22)10-12-19)29(27,28)20-8-4-7-17(13-20)21(23,24)25/h2-13H,14H2,1H3. The number of rotatable bonds is 5. The Kier molecular flexibility index (Phi) is 5.66. The van der Waals surface area contributed by atoms with Gasteiger partial charge in [0.1, 0.15) is 5.82 Å². The number of hydrogen-bond acceptors (Lipinski definition) is 2. The molecule has 8 heteroatoms. The molecule has 0 bridgehead atoms. The van der Waals surface area contributed by atoms with E-state index >= 15 is 0 Å². The number of anilines is 1. The largest absolute Gasteiger partial charge is 0.416 e. The van der Waals surface area contributed by atoms with Crippen LogP contribution in [0.1, 0.15) is 16.7 Å². The second-order valence-corrected chi connectivity index (χ2v) is 8.30. The highest BCUT2D eigenvalue weighted by atomic mass is 32.2. The van der Waals surface area contributed by atoms with E-state index < -0.39 is 32.5 Å². The molecule has 0 saturated carbocycles. The lowest BCUT2D eigenvalue weighted by molar-refractivity contribution is -0.137. The monoisotopic (exact) mass is 423 g/mol. The normalized spacial score (nSPS) is 12.0. The van der Waals surface area contributed by atoms with E-state index in [1.165, 1.54) is 12.1 Å². The molecular weight excluding hydrogens is 406 g/mol. The third-order valence-corrected chi connectivity index (χ3v) is 6.21. The van der Waals surface area contributed by atoms with Gasteiger partial charge in [-0.25, -0.2) is 12.8 Å². The third kappa shape index (κ3) is 4.59. The molecule has 0 aliphatic carbocycles. The number of aryl methyl sites for hydroxylation is 1. The highest BCUT2D eigenvalue weighted by Gasteiger charge is 2.33. The van der Waals surface area contributed by atoms with Crippen molar-refractivity contribution in [2.75, 3.05) is 4.31 Å². The number of hydrogen-bond donors (Lipinski definition) is 0. The minimum absolute atomic E-state index is 0.114. The molecule has 0 fully saturated rings. The fourth-order valence-corrected chi connectivity index (χ4v) is 4.31. The molecule has 0 spiro atoms. The summed E-state index contributed by atoms with van der Waals surface area (Å²) in [7, 11) is -4.35. The van der Waals surface area contributed by atoms with Crippen molar-refractivity contribution in [3.05, 3.63) is 95.3 Å². The summed E-state index contributed by atoms with van der Waals surface area (Å²) in [5.74, 6) is -0.555. The summed E-state index contributed by atoms with van der Waals surface area (Å²) in [6, 6.07) is 15.4. The Morgan fingerprint density at radius 2 is 1.55 bits per heavy atom. The predicted octanol–water partition coefficient (Wildman–Crippen LogP) is 5.55. The molecule has 0 unspecified atom stereocenters. The Labute approximate surface area is 166 Å². The van der Waals surface area contributed by atoms with Crippen LogP contribution in [0.2, 0.25) is 0 Å². The minimum Gasteiger partial charge on any atom is -0.262 e. The second-order valence-electron chi connectivity index (χ2n) is 6.44. The van der Waals surface area contributed by atoms with E-state index in [1.54, 1.807) is 31.2 Å². The molecule has 0 aromatic heterocycles. The molecule has 0 aliphatic heterocycles. The molecule has 3 nitrogen and oxygen atoms in total. The summed E-state index contributed by atoms with van der Waals surface area (Å²) >= 11 is 0. The van der Waals surface area contributed by atoms with Gasteiger partial charge in [-0.15, -0.1) is 0 Å². The van der Waals surface area contributed by atoms with Crippen molar-refractivity contribution in [3.8, 4) is 0 Å². The first-order valence-corrected chi connectivity index (χ1v) is 10.0. The molecule has 3 rings (SSSR count). The van der Waals surface area contributed by atoms with Gasteiger partial charge in [0.25, 0.3) is 10.0 Å². The average molecular weight is 423 g/mol. The molecule has 3 aromatic rings. The Morgan fingerprint density at radius 3 is 2.17 bits per heavy atom. The van der Waals surface area contributed by atoms with Crippen LogP contribution in [0.5, 0.6) is 0 Å². The average Bonchev–Trinajstić information content (AvgIpc) is 2.67. The molecule has 0 saturated heterocycles. The molecule has 0 radical (unpaired) electrons. The van der Waals surface area contributed by atoms with E-state index in [0.717, 1.165) is 40.2 Å². The zero-order chi connectivity index (χ0) is 21.2. The Morgan fingerprint density at radius 1 is 0.897 bits per heavy atom. The summed E-state index contributed by atoms with van der Waals surface area (Å²) in [4.78, 5) is -0.495.